The van der Waals surface area contributed by atoms with Gasteiger partial charge in [0, 0.05) is 0 Å². The van der Waals surface area contributed by atoms with Crippen LogP contribution in [0.5, 0.6) is 0 Å². The van der Waals surface area contributed by atoms with Crippen LogP contribution in [0.3, 0.4) is 0 Å². The first-order chi connectivity index (χ1) is 2.00. The van der Waals surface area contributed by atoms with Gasteiger partial charge in [0.1, 0.15) is 0 Å². The predicted octanol–water partition coefficient (Wildman–Crippen LogP) is -6.31. The molecule has 0 unspecified atom stereocenters. The first-order valence-corrected chi connectivity index (χ1v) is 2.10. The first kappa shape index (κ1) is 22.5. The number of hydrogen-bond donors (Lipinski definition) is 2. The topological polar surface area (TPSA) is 74.6 Å². The van der Waals surface area contributed by atoms with Crippen molar-refractivity contribution in [2.45, 2.75) is 0 Å². The molecule has 0 spiro atoms. The smallest absolute Gasteiger partial charge is 1.00 e. The summed E-state index contributed by atoms with van der Waals surface area (Å²) in [6.45, 7) is 0. The Morgan fingerprint density at radius 2 is 1.12 bits per heavy atom. The fourth-order valence-electron chi connectivity index (χ4n) is 0. The zero-order valence-corrected chi connectivity index (χ0v) is 12.7. The summed E-state index contributed by atoms with van der Waals surface area (Å²) in [6, 6.07) is 0. The molecule has 0 radical (unpaired) electrons. The van der Waals surface area contributed by atoms with Crippen LogP contribution >= 0.6 is 13.5 Å². The molecule has 0 saturated heterocycles. The van der Waals surface area contributed by atoms with Crippen molar-refractivity contribution >= 4 is 23.9 Å². The molecule has 0 aliphatic heterocycles. The van der Waals surface area contributed by atoms with Crippen molar-refractivity contribution in [3.8, 4) is 0 Å². The van der Waals surface area contributed by atoms with E-state index >= 15 is 0 Å². The fraction of sp³-hybridized carbons (Fsp3) is 0. The van der Waals surface area contributed by atoms with Crippen LogP contribution < -0.4 is 103 Å². The van der Waals surface area contributed by atoms with Gasteiger partial charge in [0.05, 0.1) is 0 Å². The second-order valence-corrected chi connectivity index (χ2v) is 1.34. The van der Waals surface area contributed by atoms with Crippen LogP contribution in [0.15, 0.2) is 0 Å². The van der Waals surface area contributed by atoms with Crippen LogP contribution in [0.2, 0.25) is 0 Å². The monoisotopic (exact) mass is 212 g/mol. The largest absolute Gasteiger partial charge is 1.00 e. The standard InChI is InChI=1S/2K.H2O4S.H2S.2H/c;;1-5(2,3)4;;;/h;;(H2,1,2,3,4);1H2;;/q2*+1;;;2*-1. The summed E-state index contributed by atoms with van der Waals surface area (Å²) < 4.78 is 31.6. The molecule has 0 aromatic rings. The van der Waals surface area contributed by atoms with Crippen LogP contribution in [-0.4, -0.2) is 17.5 Å². The fourth-order valence-corrected chi connectivity index (χ4v) is 0. The summed E-state index contributed by atoms with van der Waals surface area (Å²) >= 11 is 0. The Kier molecular flexibility index (Phi) is 29.6. The van der Waals surface area contributed by atoms with Crippen molar-refractivity contribution in [2.75, 3.05) is 0 Å². The zero-order valence-electron chi connectivity index (χ0n) is 6.62. The van der Waals surface area contributed by atoms with E-state index < -0.39 is 10.4 Å². The van der Waals surface area contributed by atoms with Crippen molar-refractivity contribution in [2.24, 2.45) is 0 Å². The normalized spacial score (nSPS) is 7.25. The Hall–Kier alpha value is 3.49. The van der Waals surface area contributed by atoms with Gasteiger partial charge in [-0.25, -0.2) is 0 Å². The van der Waals surface area contributed by atoms with Crippen LogP contribution in [0.25, 0.3) is 0 Å². The molecule has 0 amide bonds. The van der Waals surface area contributed by atoms with Gasteiger partial charge in [-0.1, -0.05) is 0 Å². The van der Waals surface area contributed by atoms with Gasteiger partial charge in [-0.3, -0.25) is 9.11 Å². The summed E-state index contributed by atoms with van der Waals surface area (Å²) in [6.07, 6.45) is 0. The van der Waals surface area contributed by atoms with E-state index in [1.165, 1.54) is 0 Å². The van der Waals surface area contributed by atoms with E-state index in [1.807, 2.05) is 0 Å². The van der Waals surface area contributed by atoms with Gasteiger partial charge in [-0.2, -0.15) is 21.9 Å². The summed E-state index contributed by atoms with van der Waals surface area (Å²) in [5.74, 6) is 0. The summed E-state index contributed by atoms with van der Waals surface area (Å²) in [5, 5.41) is 0. The van der Waals surface area contributed by atoms with Gasteiger partial charge < -0.3 is 2.85 Å². The Morgan fingerprint density at radius 1 is 1.12 bits per heavy atom. The van der Waals surface area contributed by atoms with Crippen LogP contribution in [0.1, 0.15) is 2.85 Å². The molecular formula is H6K2O4S2. The molecule has 0 aromatic carbocycles. The third-order valence-electron chi connectivity index (χ3n) is 0. The third-order valence-corrected chi connectivity index (χ3v) is 0. The molecule has 0 saturated carbocycles. The Labute approximate surface area is 143 Å². The minimum atomic E-state index is -4.67. The minimum absolute atomic E-state index is 0. The Morgan fingerprint density at radius 3 is 1.12 bits per heavy atom. The maximum atomic E-state index is 8.74. The van der Waals surface area contributed by atoms with E-state index in [0.717, 1.165) is 0 Å². The SMILES string of the molecule is O=S(=O)(O)O.S.[H-].[H-].[K+].[K+]. The molecule has 0 aliphatic rings. The number of rotatable bonds is 0. The van der Waals surface area contributed by atoms with Crippen molar-refractivity contribution in [3.05, 3.63) is 0 Å². The minimum Gasteiger partial charge on any atom is -1.00 e. The maximum Gasteiger partial charge on any atom is 1.00 e. The van der Waals surface area contributed by atoms with Crippen LogP contribution in [-0.2, 0) is 10.4 Å². The molecule has 0 atom stereocenters. The van der Waals surface area contributed by atoms with Crippen molar-refractivity contribution in [3.63, 3.8) is 0 Å². The van der Waals surface area contributed by atoms with Crippen LogP contribution in [0.4, 0.5) is 0 Å². The van der Waals surface area contributed by atoms with Gasteiger partial charge in [0.2, 0.25) is 0 Å². The molecule has 4 nitrogen and oxygen atoms in total. The molecule has 0 bridgehead atoms. The predicted molar refractivity (Wildman–Crippen MR) is 26.8 cm³/mol. The van der Waals surface area contributed by atoms with E-state index in [2.05, 4.69) is 0 Å². The average molecular weight is 212 g/mol. The van der Waals surface area contributed by atoms with E-state index in [-0.39, 0.29) is 119 Å². The van der Waals surface area contributed by atoms with E-state index in [0.29, 0.717) is 0 Å². The maximum absolute atomic E-state index is 8.74. The molecule has 44 valence electrons. The zero-order chi connectivity index (χ0) is 4.50. The van der Waals surface area contributed by atoms with Crippen molar-refractivity contribution in [1.29, 1.82) is 0 Å². The summed E-state index contributed by atoms with van der Waals surface area (Å²) in [7, 11) is -4.67. The molecule has 0 heterocycles. The molecular weight excluding hydrogens is 206 g/mol. The van der Waals surface area contributed by atoms with E-state index in [9.17, 15) is 0 Å². The van der Waals surface area contributed by atoms with Gasteiger partial charge in [0.15, 0.2) is 0 Å². The van der Waals surface area contributed by atoms with Gasteiger partial charge in [-0.05, 0) is 0 Å². The molecule has 2 N–H and O–H groups in total. The number of hydrogen-bond acceptors (Lipinski definition) is 2. The molecule has 8 heavy (non-hydrogen) atoms. The Bertz CT molecular complexity index is 102. The summed E-state index contributed by atoms with van der Waals surface area (Å²) in [4.78, 5) is 0. The second-order valence-electron chi connectivity index (χ2n) is 0.448. The first-order valence-electron chi connectivity index (χ1n) is 0.698. The van der Waals surface area contributed by atoms with Gasteiger partial charge >= 0.3 is 113 Å². The quantitative estimate of drug-likeness (QED) is 0.309. The molecule has 0 aliphatic carbocycles. The Balaban J connectivity index is -0.00000000800. The average Bonchev–Trinajstić information content (AvgIpc) is 0.722. The van der Waals surface area contributed by atoms with Gasteiger partial charge in [0.25, 0.3) is 0 Å². The molecule has 0 rings (SSSR count). The van der Waals surface area contributed by atoms with Crippen LogP contribution in [0, 0.1) is 0 Å². The molecule has 0 aromatic heterocycles. The second kappa shape index (κ2) is 10.5. The van der Waals surface area contributed by atoms with Gasteiger partial charge in [-0.15, -0.1) is 0 Å². The van der Waals surface area contributed by atoms with E-state index in [4.69, 9.17) is 17.5 Å². The van der Waals surface area contributed by atoms with E-state index in [1.54, 1.807) is 0 Å². The third kappa shape index (κ3) is 56.1. The molecule has 8 heteroatoms. The van der Waals surface area contributed by atoms with Crippen molar-refractivity contribution in [1.82, 2.24) is 0 Å². The molecule has 0 fully saturated rings. The summed E-state index contributed by atoms with van der Waals surface area (Å²) in [5.41, 5.74) is 0. The van der Waals surface area contributed by atoms with Crippen molar-refractivity contribution < 1.29 is 123 Å².